The fourth-order valence-corrected chi connectivity index (χ4v) is 5.47. The molecule has 0 unspecified atom stereocenters. The van der Waals surface area contributed by atoms with E-state index in [2.05, 4.69) is 23.1 Å². The minimum absolute atomic E-state index is 0.0382. The average Bonchev–Trinajstić information content (AvgIpc) is 3.42. The molecule has 1 aliphatic heterocycles. The van der Waals surface area contributed by atoms with Crippen LogP contribution in [0.2, 0.25) is 0 Å². The van der Waals surface area contributed by atoms with Gasteiger partial charge in [-0.2, -0.15) is 0 Å². The quantitative estimate of drug-likeness (QED) is 0.256. The van der Waals surface area contributed by atoms with Crippen molar-refractivity contribution in [2.75, 3.05) is 6.61 Å². The lowest BCUT2D eigenvalue weighted by molar-refractivity contribution is 0.288. The molecule has 2 aromatic heterocycles. The fourth-order valence-electron chi connectivity index (χ4n) is 5.47. The third-order valence-electron chi connectivity index (χ3n) is 7.56. The number of benzene rings is 2. The molecule has 2 aromatic carbocycles. The molecule has 0 amide bonds. The normalized spacial score (nSPS) is 13.7. The minimum Gasteiger partial charge on any atom is -0.493 e. The maximum absolute atomic E-state index is 14.1. The number of unbranched alkanes of at least 4 members (excludes halogenated alkanes) is 1. The molecule has 0 spiro atoms. The molecule has 0 radical (unpaired) electrons. The molecule has 8 nitrogen and oxygen atoms in total. The summed E-state index contributed by atoms with van der Waals surface area (Å²) in [7, 11) is 0. The molecular formula is C33H36N4O4. The van der Waals surface area contributed by atoms with Crippen LogP contribution in [0.1, 0.15) is 79.6 Å². The molecular weight excluding hydrogens is 516 g/mol. The van der Waals surface area contributed by atoms with Crippen LogP contribution in [0.15, 0.2) is 68.7 Å². The molecule has 1 aliphatic rings. The molecule has 0 fully saturated rings. The van der Waals surface area contributed by atoms with Gasteiger partial charge in [0.1, 0.15) is 11.6 Å². The van der Waals surface area contributed by atoms with E-state index in [-0.39, 0.29) is 5.56 Å². The lowest BCUT2D eigenvalue weighted by atomic mass is 9.94. The Hall–Kier alpha value is -4.46. The first-order chi connectivity index (χ1) is 19.9. The van der Waals surface area contributed by atoms with Crippen LogP contribution in [-0.2, 0) is 19.3 Å². The number of fused-ring (bicyclic) bond motifs is 1. The molecule has 0 aliphatic carbocycles. The van der Waals surface area contributed by atoms with E-state index >= 15 is 0 Å². The van der Waals surface area contributed by atoms with Gasteiger partial charge in [0, 0.05) is 23.6 Å². The second-order valence-corrected chi connectivity index (χ2v) is 10.3. The molecule has 3 heterocycles. The number of aryl methyl sites for hydroxylation is 3. The summed E-state index contributed by atoms with van der Waals surface area (Å²) in [5.74, 6) is 1.32. The standard InChI is InChI=1S/C33H36N4O4/c1-5-8-11-29-28(32(38)37(21(4)34-29)25-17-16-24-10-9-18-40-30(24)20-25)19-22-12-14-23(15-13-22)26(6-2)27(7-3)31-35-33(39)41-36-31/h6-7,12-17,20H,5,8-11,18-19H2,1-4H3,(H,35,36,39)/b26-6-,27-7+. The van der Waals surface area contributed by atoms with Gasteiger partial charge in [-0.15, -0.1) is 0 Å². The third-order valence-corrected chi connectivity index (χ3v) is 7.56. The fraction of sp³-hybridized carbons (Fsp3) is 0.333. The molecule has 5 rings (SSSR count). The number of allylic oxidation sites excluding steroid dienone is 4. The van der Waals surface area contributed by atoms with Gasteiger partial charge in [0.2, 0.25) is 0 Å². The van der Waals surface area contributed by atoms with E-state index in [1.165, 1.54) is 5.56 Å². The maximum Gasteiger partial charge on any atom is 0.439 e. The van der Waals surface area contributed by atoms with Gasteiger partial charge in [0.25, 0.3) is 5.56 Å². The van der Waals surface area contributed by atoms with E-state index in [1.54, 1.807) is 4.57 Å². The highest BCUT2D eigenvalue weighted by Gasteiger charge is 2.19. The van der Waals surface area contributed by atoms with E-state index in [0.717, 1.165) is 77.1 Å². The highest BCUT2D eigenvalue weighted by atomic mass is 16.5. The topological polar surface area (TPSA) is 103 Å². The highest BCUT2D eigenvalue weighted by molar-refractivity contribution is 6.03. The molecule has 1 N–H and O–H groups in total. The summed E-state index contributed by atoms with van der Waals surface area (Å²) in [6.07, 6.45) is 9.09. The first-order valence-corrected chi connectivity index (χ1v) is 14.3. The second kappa shape index (κ2) is 12.4. The van der Waals surface area contributed by atoms with Gasteiger partial charge in [-0.1, -0.05) is 61.0 Å². The van der Waals surface area contributed by atoms with Crippen molar-refractivity contribution in [3.05, 3.63) is 115 Å². The Morgan fingerprint density at radius 3 is 2.54 bits per heavy atom. The van der Waals surface area contributed by atoms with Crippen LogP contribution in [0, 0.1) is 6.92 Å². The summed E-state index contributed by atoms with van der Waals surface area (Å²) in [5.41, 5.74) is 7.17. The minimum atomic E-state index is -0.593. The SMILES string of the molecule is C/C=C(\C(=C/C)c1noc(=O)[nH]1)c1ccc(Cc2c(CCCC)nc(C)n(-c3ccc4c(c3)OCCC4)c2=O)cc1. The van der Waals surface area contributed by atoms with Crippen molar-refractivity contribution in [2.24, 2.45) is 0 Å². The zero-order chi connectivity index (χ0) is 28.9. The maximum atomic E-state index is 14.1. The third kappa shape index (κ3) is 5.87. The number of hydrogen-bond acceptors (Lipinski definition) is 6. The van der Waals surface area contributed by atoms with Crippen molar-refractivity contribution in [1.29, 1.82) is 0 Å². The summed E-state index contributed by atoms with van der Waals surface area (Å²) in [6, 6.07) is 14.2. The predicted octanol–water partition coefficient (Wildman–Crippen LogP) is 5.98. The number of aromatic nitrogens is 4. The number of nitrogens with zero attached hydrogens (tertiary/aromatic N) is 3. The van der Waals surface area contributed by atoms with Gasteiger partial charge in [0.05, 0.1) is 18.0 Å². The monoisotopic (exact) mass is 552 g/mol. The summed E-state index contributed by atoms with van der Waals surface area (Å²) >= 11 is 0. The zero-order valence-corrected chi connectivity index (χ0v) is 24.1. The van der Waals surface area contributed by atoms with E-state index < -0.39 is 5.76 Å². The van der Waals surface area contributed by atoms with Gasteiger partial charge in [-0.25, -0.2) is 9.78 Å². The Kier molecular flexibility index (Phi) is 8.47. The van der Waals surface area contributed by atoms with Gasteiger partial charge >= 0.3 is 5.76 Å². The van der Waals surface area contributed by atoms with Crippen LogP contribution in [0.25, 0.3) is 16.8 Å². The van der Waals surface area contributed by atoms with E-state index in [1.807, 2.05) is 69.3 Å². The van der Waals surface area contributed by atoms with Crippen molar-refractivity contribution in [3.8, 4) is 11.4 Å². The molecule has 41 heavy (non-hydrogen) atoms. The molecule has 8 heteroatoms. The number of ether oxygens (including phenoxy) is 1. The second-order valence-electron chi connectivity index (χ2n) is 10.3. The predicted molar refractivity (Wildman–Crippen MR) is 161 cm³/mol. The van der Waals surface area contributed by atoms with E-state index in [0.29, 0.717) is 24.7 Å². The molecule has 0 bridgehead atoms. The highest BCUT2D eigenvalue weighted by Crippen LogP contribution is 2.30. The summed E-state index contributed by atoms with van der Waals surface area (Å²) in [5, 5.41) is 3.86. The number of rotatable bonds is 9. The van der Waals surface area contributed by atoms with Crippen LogP contribution >= 0.6 is 0 Å². The Morgan fingerprint density at radius 2 is 1.85 bits per heavy atom. The Labute approximate surface area is 239 Å². The average molecular weight is 553 g/mol. The van der Waals surface area contributed by atoms with Crippen LogP contribution in [0.5, 0.6) is 5.75 Å². The molecule has 212 valence electrons. The van der Waals surface area contributed by atoms with Crippen LogP contribution in [0.4, 0.5) is 0 Å². The van der Waals surface area contributed by atoms with Gasteiger partial charge in [-0.3, -0.25) is 18.9 Å². The van der Waals surface area contributed by atoms with Crippen LogP contribution < -0.4 is 16.1 Å². The lowest BCUT2D eigenvalue weighted by Crippen LogP contribution is -2.28. The number of aromatic amines is 1. The summed E-state index contributed by atoms with van der Waals surface area (Å²) < 4.78 is 12.3. The molecule has 4 aromatic rings. The van der Waals surface area contributed by atoms with Crippen molar-refractivity contribution < 1.29 is 9.26 Å². The van der Waals surface area contributed by atoms with E-state index in [9.17, 15) is 9.59 Å². The number of hydrogen-bond donors (Lipinski definition) is 1. The van der Waals surface area contributed by atoms with Crippen molar-refractivity contribution >= 4 is 11.1 Å². The Bertz CT molecular complexity index is 1720. The van der Waals surface area contributed by atoms with Crippen LogP contribution in [-0.4, -0.2) is 26.3 Å². The van der Waals surface area contributed by atoms with Crippen LogP contribution in [0.3, 0.4) is 0 Å². The van der Waals surface area contributed by atoms with Gasteiger partial charge in [-0.05, 0) is 74.8 Å². The van der Waals surface area contributed by atoms with Gasteiger partial charge in [0.15, 0.2) is 5.82 Å². The van der Waals surface area contributed by atoms with Crippen molar-refractivity contribution in [2.45, 2.75) is 66.2 Å². The summed E-state index contributed by atoms with van der Waals surface area (Å²) in [6.45, 7) is 8.57. The molecule has 0 atom stereocenters. The first-order valence-electron chi connectivity index (χ1n) is 14.3. The number of nitrogens with one attached hydrogen (secondary N) is 1. The Morgan fingerprint density at radius 1 is 1.07 bits per heavy atom. The number of H-pyrrole nitrogens is 1. The smallest absolute Gasteiger partial charge is 0.439 e. The largest absolute Gasteiger partial charge is 0.493 e. The first kappa shape index (κ1) is 28.1. The molecule has 0 saturated carbocycles. The van der Waals surface area contributed by atoms with Crippen molar-refractivity contribution in [3.63, 3.8) is 0 Å². The Balaban J connectivity index is 1.50. The summed E-state index contributed by atoms with van der Waals surface area (Å²) in [4.78, 5) is 33.2. The van der Waals surface area contributed by atoms with Crippen molar-refractivity contribution in [1.82, 2.24) is 19.7 Å². The lowest BCUT2D eigenvalue weighted by Gasteiger charge is -2.20. The molecule has 0 saturated heterocycles. The zero-order valence-electron chi connectivity index (χ0n) is 24.1. The van der Waals surface area contributed by atoms with E-state index in [4.69, 9.17) is 14.2 Å². The van der Waals surface area contributed by atoms with Gasteiger partial charge < -0.3 is 4.74 Å².